The lowest BCUT2D eigenvalue weighted by Gasteiger charge is -2.21. The van der Waals surface area contributed by atoms with Gasteiger partial charge in [0.05, 0.1) is 11.0 Å². The molecule has 178 valence electrons. The molecule has 0 radical (unpaired) electrons. The van der Waals surface area contributed by atoms with Crippen LogP contribution < -0.4 is 10.2 Å². The Labute approximate surface area is 203 Å². The fraction of sp³-hybridized carbons (Fsp3) is 0.214. The highest BCUT2D eigenvalue weighted by Gasteiger charge is 2.15. The summed E-state index contributed by atoms with van der Waals surface area (Å²) >= 11 is 0. The molecule has 2 heterocycles. The molecule has 1 saturated heterocycles. The van der Waals surface area contributed by atoms with Crippen LogP contribution in [0.25, 0.3) is 17.1 Å². The Hall–Kier alpha value is -3.94. The highest BCUT2D eigenvalue weighted by Crippen LogP contribution is 2.25. The van der Waals surface area contributed by atoms with Gasteiger partial charge in [0.1, 0.15) is 17.3 Å². The third kappa shape index (κ3) is 6.35. The maximum atomic E-state index is 12.0. The SMILES string of the molecule is O=C(C=Cc1ccc(Cc2nc3ccc(Oc4ccccc4)cc3[nH]2)cc1)NOC1CCCCO1. The second kappa shape index (κ2) is 11.0. The van der Waals surface area contributed by atoms with E-state index in [1.165, 1.54) is 6.08 Å². The minimum absolute atomic E-state index is 0.318. The summed E-state index contributed by atoms with van der Waals surface area (Å²) in [4.78, 5) is 25.3. The molecule has 0 spiro atoms. The molecule has 3 aromatic carbocycles. The number of H-pyrrole nitrogens is 1. The lowest BCUT2D eigenvalue weighted by Crippen LogP contribution is -2.32. The number of nitrogens with one attached hydrogen (secondary N) is 2. The molecular formula is C28H27N3O4. The van der Waals surface area contributed by atoms with Crippen LogP contribution in [0.2, 0.25) is 0 Å². The Balaban J connectivity index is 1.16. The molecule has 1 aromatic heterocycles. The van der Waals surface area contributed by atoms with Gasteiger partial charge in [-0.2, -0.15) is 0 Å². The Morgan fingerprint density at radius 3 is 2.71 bits per heavy atom. The number of hydroxylamine groups is 1. The van der Waals surface area contributed by atoms with Gasteiger partial charge in [0, 0.05) is 31.6 Å². The number of nitrogens with zero attached hydrogens (tertiary/aromatic N) is 1. The van der Waals surface area contributed by atoms with Crippen molar-refractivity contribution in [2.24, 2.45) is 0 Å². The zero-order valence-electron chi connectivity index (χ0n) is 19.3. The number of imidazole rings is 1. The largest absolute Gasteiger partial charge is 0.457 e. The minimum atomic E-state index is -0.360. The smallest absolute Gasteiger partial charge is 0.267 e. The Kier molecular flexibility index (Phi) is 7.17. The molecule has 35 heavy (non-hydrogen) atoms. The van der Waals surface area contributed by atoms with Gasteiger partial charge in [0.2, 0.25) is 0 Å². The average molecular weight is 470 g/mol. The second-order valence-corrected chi connectivity index (χ2v) is 8.41. The van der Waals surface area contributed by atoms with E-state index in [9.17, 15) is 4.79 Å². The van der Waals surface area contributed by atoms with Gasteiger partial charge in [0.25, 0.3) is 5.91 Å². The number of carbonyl (C=O) groups is 1. The quantitative estimate of drug-likeness (QED) is 0.262. The number of carbonyl (C=O) groups excluding carboxylic acids is 1. The molecule has 7 nitrogen and oxygen atoms in total. The normalized spacial score (nSPS) is 15.9. The lowest BCUT2D eigenvalue weighted by molar-refractivity contribution is -0.198. The number of aromatic nitrogens is 2. The van der Waals surface area contributed by atoms with E-state index in [-0.39, 0.29) is 12.2 Å². The van der Waals surface area contributed by atoms with Gasteiger partial charge >= 0.3 is 0 Å². The predicted molar refractivity (Wildman–Crippen MR) is 134 cm³/mol. The van der Waals surface area contributed by atoms with Gasteiger partial charge in [-0.3, -0.25) is 4.79 Å². The van der Waals surface area contributed by atoms with Crippen molar-refractivity contribution in [1.29, 1.82) is 0 Å². The molecule has 5 rings (SSSR count). The highest BCUT2D eigenvalue weighted by molar-refractivity contribution is 5.90. The molecule has 1 fully saturated rings. The van der Waals surface area contributed by atoms with Gasteiger partial charge < -0.3 is 14.5 Å². The molecule has 2 N–H and O–H groups in total. The Bertz CT molecular complexity index is 1290. The van der Waals surface area contributed by atoms with E-state index in [1.807, 2.05) is 72.8 Å². The summed E-state index contributed by atoms with van der Waals surface area (Å²) < 4.78 is 11.3. The summed E-state index contributed by atoms with van der Waals surface area (Å²) in [5, 5.41) is 0. The van der Waals surface area contributed by atoms with Crippen LogP contribution in [0.15, 0.2) is 78.9 Å². The number of aromatic amines is 1. The van der Waals surface area contributed by atoms with E-state index in [1.54, 1.807) is 6.08 Å². The van der Waals surface area contributed by atoms with Crippen LogP contribution in [0.3, 0.4) is 0 Å². The van der Waals surface area contributed by atoms with E-state index in [4.69, 9.17) is 19.3 Å². The topological polar surface area (TPSA) is 85.5 Å². The second-order valence-electron chi connectivity index (χ2n) is 8.41. The van der Waals surface area contributed by atoms with Crippen LogP contribution in [0, 0.1) is 0 Å². The number of rotatable bonds is 8. The summed E-state index contributed by atoms with van der Waals surface area (Å²) in [5.41, 5.74) is 6.29. The van der Waals surface area contributed by atoms with E-state index in [0.717, 1.165) is 58.7 Å². The Morgan fingerprint density at radius 2 is 1.91 bits per heavy atom. The van der Waals surface area contributed by atoms with E-state index >= 15 is 0 Å². The first-order valence-electron chi connectivity index (χ1n) is 11.8. The van der Waals surface area contributed by atoms with E-state index in [0.29, 0.717) is 13.0 Å². The van der Waals surface area contributed by atoms with Crippen molar-refractivity contribution in [3.8, 4) is 11.5 Å². The Morgan fingerprint density at radius 1 is 1.06 bits per heavy atom. The monoisotopic (exact) mass is 469 g/mol. The van der Waals surface area contributed by atoms with Gasteiger partial charge in [-0.25, -0.2) is 15.3 Å². The molecule has 1 aliphatic heterocycles. The summed E-state index contributed by atoms with van der Waals surface area (Å²) in [6, 6.07) is 23.5. The van der Waals surface area contributed by atoms with Gasteiger partial charge in [-0.1, -0.05) is 42.5 Å². The summed E-state index contributed by atoms with van der Waals surface area (Å²) in [7, 11) is 0. The molecule has 1 atom stereocenters. The van der Waals surface area contributed by atoms with Crippen LogP contribution in [0.1, 0.15) is 36.2 Å². The van der Waals surface area contributed by atoms with Crippen LogP contribution >= 0.6 is 0 Å². The third-order valence-corrected chi connectivity index (χ3v) is 5.69. The number of benzene rings is 3. The molecule has 4 aromatic rings. The molecule has 7 heteroatoms. The molecule has 0 saturated carbocycles. The standard InChI is InChI=1S/C28H27N3O4/c32-27(31-35-28-8-4-5-17-33-28)16-13-20-9-11-21(12-10-20)18-26-29-24-15-14-23(19-25(24)30-26)34-22-6-2-1-3-7-22/h1-3,6-7,9-16,19,28H,4-5,8,17-18H2,(H,29,30)(H,31,32). The maximum Gasteiger partial charge on any atom is 0.267 e. The minimum Gasteiger partial charge on any atom is -0.457 e. The number of fused-ring (bicyclic) bond motifs is 1. The number of hydrogen-bond acceptors (Lipinski definition) is 5. The van der Waals surface area contributed by atoms with Crippen molar-refractivity contribution in [3.05, 3.63) is 95.8 Å². The van der Waals surface area contributed by atoms with Gasteiger partial charge in [-0.05, 0) is 54.3 Å². The number of para-hydroxylation sites is 1. The van der Waals surface area contributed by atoms with Gasteiger partial charge in [-0.15, -0.1) is 0 Å². The van der Waals surface area contributed by atoms with Crippen molar-refractivity contribution >= 4 is 23.0 Å². The average Bonchev–Trinajstić information content (AvgIpc) is 3.30. The molecular weight excluding hydrogens is 442 g/mol. The number of ether oxygens (including phenoxy) is 2. The van der Waals surface area contributed by atoms with Crippen molar-refractivity contribution in [1.82, 2.24) is 15.4 Å². The van der Waals surface area contributed by atoms with E-state index in [2.05, 4.69) is 10.5 Å². The van der Waals surface area contributed by atoms with Crippen LogP contribution in [0.4, 0.5) is 0 Å². The molecule has 0 bridgehead atoms. The van der Waals surface area contributed by atoms with Crippen LogP contribution in [-0.4, -0.2) is 28.8 Å². The maximum absolute atomic E-state index is 12.0. The van der Waals surface area contributed by atoms with Crippen LogP contribution in [0.5, 0.6) is 11.5 Å². The van der Waals surface area contributed by atoms with Crippen molar-refractivity contribution in [3.63, 3.8) is 0 Å². The molecule has 1 aliphatic rings. The highest BCUT2D eigenvalue weighted by atomic mass is 16.8. The molecule has 0 aliphatic carbocycles. The first kappa shape index (κ1) is 22.8. The fourth-order valence-electron chi connectivity index (χ4n) is 3.89. The number of amides is 1. The summed E-state index contributed by atoms with van der Waals surface area (Å²) in [6.45, 7) is 0.667. The third-order valence-electron chi connectivity index (χ3n) is 5.69. The molecule has 1 unspecified atom stereocenters. The van der Waals surface area contributed by atoms with Crippen LogP contribution in [-0.2, 0) is 20.8 Å². The predicted octanol–water partition coefficient (Wildman–Crippen LogP) is 5.53. The fourth-order valence-corrected chi connectivity index (χ4v) is 3.89. The zero-order valence-corrected chi connectivity index (χ0v) is 19.3. The molecule has 1 amide bonds. The lowest BCUT2D eigenvalue weighted by atomic mass is 10.1. The van der Waals surface area contributed by atoms with Gasteiger partial charge in [0.15, 0.2) is 6.29 Å². The number of hydrogen-bond donors (Lipinski definition) is 2. The first-order valence-corrected chi connectivity index (χ1v) is 11.8. The van der Waals surface area contributed by atoms with Crippen molar-refractivity contribution in [2.75, 3.05) is 6.61 Å². The summed E-state index contributed by atoms with van der Waals surface area (Å²) in [5.74, 6) is 2.11. The first-order chi connectivity index (χ1) is 17.2. The van der Waals surface area contributed by atoms with Crippen molar-refractivity contribution < 1.29 is 19.1 Å². The summed E-state index contributed by atoms with van der Waals surface area (Å²) in [6.07, 6.45) is 6.38. The van der Waals surface area contributed by atoms with E-state index < -0.39 is 0 Å². The van der Waals surface area contributed by atoms with Crippen molar-refractivity contribution in [2.45, 2.75) is 32.0 Å². The zero-order chi connectivity index (χ0) is 23.9.